The molecule has 0 aromatic rings. The summed E-state index contributed by atoms with van der Waals surface area (Å²) in [6.45, 7) is 9.53. The molecule has 4 heteroatoms. The van der Waals surface area contributed by atoms with E-state index in [1.807, 2.05) is 4.90 Å². The third kappa shape index (κ3) is 4.94. The molecule has 2 unspecified atom stereocenters. The van der Waals surface area contributed by atoms with Gasteiger partial charge in [0, 0.05) is 19.1 Å². The summed E-state index contributed by atoms with van der Waals surface area (Å²) in [5.41, 5.74) is 0. The third-order valence-electron chi connectivity index (χ3n) is 2.91. The zero-order valence-electron chi connectivity index (χ0n) is 10.6. The average molecular weight is 228 g/mol. The number of likely N-dealkylation sites (tertiary alicyclic amines) is 1. The molecule has 1 rings (SSSR count). The summed E-state index contributed by atoms with van der Waals surface area (Å²) < 4.78 is 0. The summed E-state index contributed by atoms with van der Waals surface area (Å²) in [7, 11) is 0. The van der Waals surface area contributed by atoms with Crippen molar-refractivity contribution in [3.8, 4) is 0 Å². The number of nitrogens with one attached hydrogen (secondary N) is 1. The Balaban J connectivity index is 2.38. The molecule has 0 spiro atoms. The first-order valence-corrected chi connectivity index (χ1v) is 6.15. The molecule has 0 aromatic heterocycles. The van der Waals surface area contributed by atoms with Gasteiger partial charge in [0.15, 0.2) is 0 Å². The van der Waals surface area contributed by atoms with Crippen molar-refractivity contribution in [2.24, 2.45) is 11.8 Å². The minimum absolute atomic E-state index is 0.171. The van der Waals surface area contributed by atoms with Gasteiger partial charge in [-0.3, -0.25) is 9.69 Å². The van der Waals surface area contributed by atoms with Crippen molar-refractivity contribution in [3.63, 3.8) is 0 Å². The van der Waals surface area contributed by atoms with Crippen LogP contribution in [-0.4, -0.2) is 48.2 Å². The van der Waals surface area contributed by atoms with Crippen LogP contribution in [0.5, 0.6) is 0 Å². The van der Waals surface area contributed by atoms with Gasteiger partial charge >= 0.3 is 5.97 Å². The molecule has 0 saturated carbocycles. The number of hydrogen-bond acceptors (Lipinski definition) is 3. The number of aliphatic carboxylic acids is 1. The second-order valence-electron chi connectivity index (χ2n) is 5.43. The molecule has 0 aliphatic carbocycles. The summed E-state index contributed by atoms with van der Waals surface area (Å²) >= 11 is 0. The van der Waals surface area contributed by atoms with Crippen molar-refractivity contribution < 1.29 is 9.90 Å². The van der Waals surface area contributed by atoms with E-state index in [4.69, 9.17) is 5.11 Å². The van der Waals surface area contributed by atoms with Crippen LogP contribution >= 0.6 is 0 Å². The minimum atomic E-state index is -0.725. The molecule has 4 nitrogen and oxygen atoms in total. The van der Waals surface area contributed by atoms with Gasteiger partial charge in [-0.05, 0) is 24.8 Å². The Morgan fingerprint density at radius 2 is 2.19 bits per heavy atom. The van der Waals surface area contributed by atoms with E-state index in [1.165, 1.54) is 0 Å². The number of carbonyl (C=O) groups is 1. The van der Waals surface area contributed by atoms with E-state index in [9.17, 15) is 4.79 Å². The van der Waals surface area contributed by atoms with Crippen molar-refractivity contribution in [3.05, 3.63) is 0 Å². The van der Waals surface area contributed by atoms with Crippen LogP contribution in [0.15, 0.2) is 0 Å². The predicted molar refractivity (Wildman–Crippen MR) is 64.5 cm³/mol. The van der Waals surface area contributed by atoms with Gasteiger partial charge in [0.1, 0.15) is 0 Å². The summed E-state index contributed by atoms with van der Waals surface area (Å²) in [4.78, 5) is 12.7. The zero-order chi connectivity index (χ0) is 12.1. The number of rotatable bonds is 5. The van der Waals surface area contributed by atoms with E-state index < -0.39 is 5.97 Å². The standard InChI is InChI=1S/C12H24N2O2/c1-9(2)5-13-11-4-10(3)6-14(7-11)8-12(15)16/h9-11,13H,4-8H2,1-3H3,(H,15,16). The topological polar surface area (TPSA) is 52.6 Å². The van der Waals surface area contributed by atoms with Crippen LogP contribution in [0.2, 0.25) is 0 Å². The van der Waals surface area contributed by atoms with Crippen LogP contribution in [0.4, 0.5) is 0 Å². The van der Waals surface area contributed by atoms with Crippen molar-refractivity contribution in [1.29, 1.82) is 0 Å². The maximum Gasteiger partial charge on any atom is 0.317 e. The number of carboxylic acids is 1. The first kappa shape index (κ1) is 13.5. The quantitative estimate of drug-likeness (QED) is 0.738. The fourth-order valence-electron chi connectivity index (χ4n) is 2.33. The highest BCUT2D eigenvalue weighted by Gasteiger charge is 2.25. The van der Waals surface area contributed by atoms with Crippen LogP contribution in [0.25, 0.3) is 0 Å². The van der Waals surface area contributed by atoms with Gasteiger partial charge in [0.2, 0.25) is 0 Å². The van der Waals surface area contributed by atoms with Crippen molar-refractivity contribution in [1.82, 2.24) is 10.2 Å². The first-order chi connectivity index (χ1) is 7.47. The molecule has 0 amide bonds. The summed E-state index contributed by atoms with van der Waals surface area (Å²) in [5.74, 6) is 0.500. The van der Waals surface area contributed by atoms with Crippen molar-refractivity contribution in [2.75, 3.05) is 26.2 Å². The largest absolute Gasteiger partial charge is 0.480 e. The van der Waals surface area contributed by atoms with Crippen LogP contribution in [0.1, 0.15) is 27.2 Å². The Labute approximate surface area is 98.0 Å². The molecular formula is C12H24N2O2. The Bertz CT molecular complexity index is 231. The zero-order valence-corrected chi connectivity index (χ0v) is 10.6. The smallest absolute Gasteiger partial charge is 0.317 e. The number of piperidine rings is 1. The van der Waals surface area contributed by atoms with Crippen LogP contribution in [0, 0.1) is 11.8 Å². The Hall–Kier alpha value is -0.610. The molecule has 2 atom stereocenters. The second kappa shape index (κ2) is 6.21. The van der Waals surface area contributed by atoms with E-state index in [-0.39, 0.29) is 6.54 Å². The van der Waals surface area contributed by atoms with Gasteiger partial charge in [-0.1, -0.05) is 20.8 Å². The lowest BCUT2D eigenvalue weighted by atomic mass is 9.95. The van der Waals surface area contributed by atoms with Gasteiger partial charge in [0.05, 0.1) is 6.54 Å². The lowest BCUT2D eigenvalue weighted by Gasteiger charge is -2.36. The fraction of sp³-hybridized carbons (Fsp3) is 0.917. The van der Waals surface area contributed by atoms with E-state index in [0.717, 1.165) is 26.1 Å². The molecule has 0 aromatic carbocycles. The molecule has 1 saturated heterocycles. The van der Waals surface area contributed by atoms with Gasteiger partial charge in [-0.2, -0.15) is 0 Å². The molecule has 16 heavy (non-hydrogen) atoms. The SMILES string of the molecule is CC(C)CNC1CC(C)CN(CC(=O)O)C1. The normalized spacial score (nSPS) is 27.2. The first-order valence-electron chi connectivity index (χ1n) is 6.15. The Morgan fingerprint density at radius 1 is 1.50 bits per heavy atom. The molecule has 1 fully saturated rings. The molecule has 1 aliphatic heterocycles. The van der Waals surface area contributed by atoms with Crippen LogP contribution < -0.4 is 5.32 Å². The highest BCUT2D eigenvalue weighted by molar-refractivity contribution is 5.69. The maximum atomic E-state index is 10.7. The summed E-state index contributed by atoms with van der Waals surface area (Å²) in [5, 5.41) is 12.3. The van der Waals surface area contributed by atoms with Crippen LogP contribution in [-0.2, 0) is 4.79 Å². The molecule has 2 N–H and O–H groups in total. The van der Waals surface area contributed by atoms with Gasteiger partial charge < -0.3 is 10.4 Å². The fourth-order valence-corrected chi connectivity index (χ4v) is 2.33. The highest BCUT2D eigenvalue weighted by Crippen LogP contribution is 2.16. The predicted octanol–water partition coefficient (Wildman–Crippen LogP) is 1.03. The summed E-state index contributed by atoms with van der Waals surface area (Å²) in [6, 6.07) is 0.450. The molecule has 1 aliphatic rings. The molecule has 94 valence electrons. The maximum absolute atomic E-state index is 10.7. The van der Waals surface area contributed by atoms with Gasteiger partial charge in [-0.15, -0.1) is 0 Å². The van der Waals surface area contributed by atoms with E-state index >= 15 is 0 Å². The lowest BCUT2D eigenvalue weighted by molar-refractivity contribution is -0.138. The molecule has 0 radical (unpaired) electrons. The monoisotopic (exact) mass is 228 g/mol. The average Bonchev–Trinajstić information content (AvgIpc) is 2.12. The van der Waals surface area contributed by atoms with Gasteiger partial charge in [0.25, 0.3) is 0 Å². The third-order valence-corrected chi connectivity index (χ3v) is 2.91. The molecule has 1 heterocycles. The van der Waals surface area contributed by atoms with Gasteiger partial charge in [-0.25, -0.2) is 0 Å². The Morgan fingerprint density at radius 3 is 2.75 bits per heavy atom. The minimum Gasteiger partial charge on any atom is -0.480 e. The summed E-state index contributed by atoms with van der Waals surface area (Å²) in [6.07, 6.45) is 1.16. The number of carboxylic acid groups (broad SMARTS) is 1. The van der Waals surface area contributed by atoms with Crippen molar-refractivity contribution in [2.45, 2.75) is 33.2 Å². The molecular weight excluding hydrogens is 204 g/mol. The lowest BCUT2D eigenvalue weighted by Crippen LogP contribution is -2.50. The van der Waals surface area contributed by atoms with E-state index in [1.54, 1.807) is 0 Å². The highest BCUT2D eigenvalue weighted by atomic mass is 16.4. The second-order valence-corrected chi connectivity index (χ2v) is 5.43. The van der Waals surface area contributed by atoms with E-state index in [2.05, 4.69) is 26.1 Å². The Kier molecular flexibility index (Phi) is 5.22. The number of nitrogens with zero attached hydrogens (tertiary/aromatic N) is 1. The van der Waals surface area contributed by atoms with E-state index in [0.29, 0.717) is 17.9 Å². The van der Waals surface area contributed by atoms with Crippen LogP contribution in [0.3, 0.4) is 0 Å². The molecule has 0 bridgehead atoms. The number of hydrogen-bond donors (Lipinski definition) is 2. The van der Waals surface area contributed by atoms with Crippen molar-refractivity contribution >= 4 is 5.97 Å².